The minimum Gasteiger partial charge on any atom is -0.477 e. The van der Waals surface area contributed by atoms with Crippen molar-refractivity contribution in [2.45, 2.75) is 18.9 Å². The Morgan fingerprint density at radius 3 is 2.94 bits per heavy atom. The lowest BCUT2D eigenvalue weighted by atomic mass is 10.1. The van der Waals surface area contributed by atoms with Gasteiger partial charge in [0.15, 0.2) is 0 Å². The Labute approximate surface area is 106 Å². The lowest BCUT2D eigenvalue weighted by Crippen LogP contribution is -2.50. The third kappa shape index (κ3) is 2.06. The van der Waals surface area contributed by atoms with Crippen molar-refractivity contribution >= 4 is 11.7 Å². The molecule has 2 aliphatic rings. The lowest BCUT2D eigenvalue weighted by Gasteiger charge is -2.38. The molecule has 2 aliphatic heterocycles. The minimum atomic E-state index is -0.970. The van der Waals surface area contributed by atoms with Crippen LogP contribution in [0, 0.1) is 0 Å². The van der Waals surface area contributed by atoms with E-state index in [1.165, 1.54) is 19.4 Å². The number of carbonyl (C=O) groups is 1. The first-order valence-electron chi connectivity index (χ1n) is 6.42. The number of piperazine rings is 1. The fourth-order valence-corrected chi connectivity index (χ4v) is 2.93. The quantitative estimate of drug-likeness (QED) is 0.847. The van der Waals surface area contributed by atoms with E-state index >= 15 is 0 Å². The van der Waals surface area contributed by atoms with Crippen LogP contribution < -0.4 is 4.90 Å². The summed E-state index contributed by atoms with van der Waals surface area (Å²) in [5.41, 5.74) is 1.14. The van der Waals surface area contributed by atoms with Gasteiger partial charge in [0.05, 0.1) is 11.9 Å². The third-order valence-corrected chi connectivity index (χ3v) is 3.92. The SMILES string of the molecule is O=C(O)c1ccc(N2CCN3CCCC3C2)cn1. The molecule has 0 radical (unpaired) electrons. The van der Waals surface area contributed by atoms with E-state index in [2.05, 4.69) is 14.8 Å². The molecule has 5 nitrogen and oxygen atoms in total. The number of aromatic nitrogens is 1. The van der Waals surface area contributed by atoms with Gasteiger partial charge in [-0.05, 0) is 31.5 Å². The number of rotatable bonds is 2. The van der Waals surface area contributed by atoms with Crippen molar-refractivity contribution < 1.29 is 9.90 Å². The highest BCUT2D eigenvalue weighted by Gasteiger charge is 2.30. The summed E-state index contributed by atoms with van der Waals surface area (Å²) in [4.78, 5) is 19.6. The Bertz CT molecular complexity index is 446. The predicted octanol–water partition coefficient (Wildman–Crippen LogP) is 1.06. The fourth-order valence-electron chi connectivity index (χ4n) is 2.93. The van der Waals surface area contributed by atoms with Gasteiger partial charge in [-0.15, -0.1) is 0 Å². The number of carboxylic acid groups (broad SMARTS) is 1. The normalized spacial score (nSPS) is 24.0. The maximum Gasteiger partial charge on any atom is 0.354 e. The van der Waals surface area contributed by atoms with E-state index in [-0.39, 0.29) is 5.69 Å². The van der Waals surface area contributed by atoms with Gasteiger partial charge < -0.3 is 10.0 Å². The van der Waals surface area contributed by atoms with Gasteiger partial charge >= 0.3 is 5.97 Å². The van der Waals surface area contributed by atoms with Gasteiger partial charge in [-0.25, -0.2) is 9.78 Å². The number of aromatic carboxylic acids is 1. The van der Waals surface area contributed by atoms with Gasteiger partial charge in [0, 0.05) is 25.7 Å². The van der Waals surface area contributed by atoms with E-state index in [9.17, 15) is 4.79 Å². The van der Waals surface area contributed by atoms with Crippen molar-refractivity contribution in [2.24, 2.45) is 0 Å². The number of pyridine rings is 1. The number of carboxylic acids is 1. The summed E-state index contributed by atoms with van der Waals surface area (Å²) >= 11 is 0. The third-order valence-electron chi connectivity index (χ3n) is 3.92. The molecule has 3 rings (SSSR count). The second-order valence-electron chi connectivity index (χ2n) is 4.98. The summed E-state index contributed by atoms with van der Waals surface area (Å²) in [5, 5.41) is 8.83. The maximum atomic E-state index is 10.8. The highest BCUT2D eigenvalue weighted by molar-refractivity contribution is 5.85. The number of nitrogens with zero attached hydrogens (tertiary/aromatic N) is 3. The summed E-state index contributed by atoms with van der Waals surface area (Å²) < 4.78 is 0. The van der Waals surface area contributed by atoms with Crippen LogP contribution in [0.5, 0.6) is 0 Å². The highest BCUT2D eigenvalue weighted by atomic mass is 16.4. The van der Waals surface area contributed by atoms with E-state index < -0.39 is 5.97 Å². The Kier molecular flexibility index (Phi) is 2.91. The van der Waals surface area contributed by atoms with Crippen LogP contribution in [0.1, 0.15) is 23.3 Å². The molecule has 18 heavy (non-hydrogen) atoms. The molecule has 2 saturated heterocycles. The second-order valence-corrected chi connectivity index (χ2v) is 4.98. The van der Waals surface area contributed by atoms with Crippen molar-refractivity contribution in [2.75, 3.05) is 31.1 Å². The van der Waals surface area contributed by atoms with Gasteiger partial charge in [0.25, 0.3) is 0 Å². The molecule has 0 aromatic carbocycles. The first kappa shape index (κ1) is 11.5. The molecule has 1 aromatic rings. The Hall–Kier alpha value is -1.62. The van der Waals surface area contributed by atoms with Gasteiger partial charge in [-0.3, -0.25) is 4.90 Å². The van der Waals surface area contributed by atoms with Crippen molar-refractivity contribution in [3.63, 3.8) is 0 Å². The maximum absolute atomic E-state index is 10.8. The molecule has 0 saturated carbocycles. The van der Waals surface area contributed by atoms with Crippen molar-refractivity contribution in [1.29, 1.82) is 0 Å². The molecule has 3 heterocycles. The van der Waals surface area contributed by atoms with Crippen LogP contribution in [-0.4, -0.2) is 53.2 Å². The Morgan fingerprint density at radius 2 is 2.22 bits per heavy atom. The molecule has 1 unspecified atom stereocenters. The zero-order valence-electron chi connectivity index (χ0n) is 10.2. The first-order chi connectivity index (χ1) is 8.74. The van der Waals surface area contributed by atoms with Gasteiger partial charge in [0.1, 0.15) is 5.69 Å². The van der Waals surface area contributed by atoms with Crippen LogP contribution >= 0.6 is 0 Å². The van der Waals surface area contributed by atoms with E-state index in [1.807, 2.05) is 6.07 Å². The molecule has 0 bridgehead atoms. The number of anilines is 1. The van der Waals surface area contributed by atoms with Gasteiger partial charge in [0.2, 0.25) is 0 Å². The summed E-state index contributed by atoms with van der Waals surface area (Å²) in [6.07, 6.45) is 4.25. The molecule has 0 spiro atoms. The molecule has 0 aliphatic carbocycles. The van der Waals surface area contributed by atoms with Crippen molar-refractivity contribution in [1.82, 2.24) is 9.88 Å². The smallest absolute Gasteiger partial charge is 0.354 e. The van der Waals surface area contributed by atoms with E-state index in [0.29, 0.717) is 6.04 Å². The predicted molar refractivity (Wildman–Crippen MR) is 68.0 cm³/mol. The zero-order valence-corrected chi connectivity index (χ0v) is 10.2. The number of hydrogen-bond acceptors (Lipinski definition) is 4. The summed E-state index contributed by atoms with van der Waals surface area (Å²) in [7, 11) is 0. The lowest BCUT2D eigenvalue weighted by molar-refractivity contribution is 0.0690. The average Bonchev–Trinajstić information content (AvgIpc) is 2.86. The zero-order chi connectivity index (χ0) is 12.5. The van der Waals surface area contributed by atoms with Crippen LogP contribution in [0.15, 0.2) is 18.3 Å². The average molecular weight is 247 g/mol. The van der Waals surface area contributed by atoms with Crippen LogP contribution in [0.4, 0.5) is 5.69 Å². The van der Waals surface area contributed by atoms with Crippen LogP contribution in [0.2, 0.25) is 0 Å². The molecule has 1 atom stereocenters. The summed E-state index contributed by atoms with van der Waals surface area (Å²) in [5.74, 6) is -0.970. The second kappa shape index (κ2) is 4.57. The van der Waals surface area contributed by atoms with Gasteiger partial charge in [-0.2, -0.15) is 0 Å². The molecule has 5 heteroatoms. The van der Waals surface area contributed by atoms with Crippen LogP contribution in [-0.2, 0) is 0 Å². The number of fused-ring (bicyclic) bond motifs is 1. The Balaban J connectivity index is 1.73. The van der Waals surface area contributed by atoms with E-state index in [0.717, 1.165) is 25.3 Å². The highest BCUT2D eigenvalue weighted by Crippen LogP contribution is 2.24. The first-order valence-corrected chi connectivity index (χ1v) is 6.42. The largest absolute Gasteiger partial charge is 0.477 e. The molecular weight excluding hydrogens is 230 g/mol. The molecule has 2 fully saturated rings. The van der Waals surface area contributed by atoms with Crippen LogP contribution in [0.3, 0.4) is 0 Å². The molecule has 1 N–H and O–H groups in total. The molecule has 96 valence electrons. The van der Waals surface area contributed by atoms with Crippen LogP contribution in [0.25, 0.3) is 0 Å². The number of hydrogen-bond donors (Lipinski definition) is 1. The molecular formula is C13H17N3O2. The van der Waals surface area contributed by atoms with E-state index in [1.54, 1.807) is 12.3 Å². The van der Waals surface area contributed by atoms with Crippen molar-refractivity contribution in [3.8, 4) is 0 Å². The Morgan fingerprint density at radius 1 is 1.33 bits per heavy atom. The fraction of sp³-hybridized carbons (Fsp3) is 0.538. The monoisotopic (exact) mass is 247 g/mol. The standard InChI is InChI=1S/C13H17N3O2/c17-13(18)12-4-3-10(8-14-12)16-7-6-15-5-1-2-11(15)9-16/h3-4,8,11H,1-2,5-7,9H2,(H,17,18). The molecule has 1 aromatic heterocycles. The van der Waals surface area contributed by atoms with Gasteiger partial charge in [-0.1, -0.05) is 0 Å². The summed E-state index contributed by atoms with van der Waals surface area (Å²) in [6.45, 7) is 4.37. The van der Waals surface area contributed by atoms with Crippen molar-refractivity contribution in [3.05, 3.63) is 24.0 Å². The summed E-state index contributed by atoms with van der Waals surface area (Å²) in [6, 6.07) is 4.11. The van der Waals surface area contributed by atoms with E-state index in [4.69, 9.17) is 5.11 Å². The minimum absolute atomic E-state index is 0.109. The topological polar surface area (TPSA) is 56.7 Å². The molecule has 0 amide bonds.